The van der Waals surface area contributed by atoms with E-state index in [1.54, 1.807) is 7.11 Å². The van der Waals surface area contributed by atoms with Gasteiger partial charge in [-0.3, -0.25) is 4.79 Å². The molecule has 1 N–H and O–H groups in total. The maximum atomic E-state index is 11.9. The first kappa shape index (κ1) is 15.4. The number of aliphatic hydroxyl groups is 1. The van der Waals surface area contributed by atoms with Crippen molar-refractivity contribution in [2.45, 2.75) is 31.8 Å². The highest BCUT2D eigenvalue weighted by Crippen LogP contribution is 2.10. The number of hydrogen-bond acceptors (Lipinski definition) is 4. The molecule has 106 valence electrons. The minimum Gasteiger partial charge on any atom is -0.389 e. The minimum absolute atomic E-state index is 0.239. The summed E-state index contributed by atoms with van der Waals surface area (Å²) < 4.78 is 4.87. The van der Waals surface area contributed by atoms with Crippen molar-refractivity contribution < 1.29 is 14.6 Å². The zero-order valence-electron chi connectivity index (χ0n) is 11.6. The molecule has 0 aromatic heterocycles. The van der Waals surface area contributed by atoms with Gasteiger partial charge in [0.1, 0.15) is 0 Å². The predicted octanol–water partition coefficient (Wildman–Crippen LogP) is 0.328. The molecule has 1 amide bonds. The zero-order chi connectivity index (χ0) is 13.4. The van der Waals surface area contributed by atoms with Gasteiger partial charge in [-0.25, -0.2) is 0 Å². The van der Waals surface area contributed by atoms with Gasteiger partial charge in [0, 0.05) is 39.7 Å². The summed E-state index contributed by atoms with van der Waals surface area (Å²) in [5.74, 6) is 0.239. The summed E-state index contributed by atoms with van der Waals surface area (Å²) in [4.78, 5) is 15.9. The summed E-state index contributed by atoms with van der Waals surface area (Å²) in [7, 11) is 3.49. The van der Waals surface area contributed by atoms with Gasteiger partial charge in [-0.05, 0) is 26.3 Å². The number of piperidine rings is 1. The maximum Gasteiger partial charge on any atom is 0.223 e. The van der Waals surface area contributed by atoms with Crippen LogP contribution in [0.1, 0.15) is 25.7 Å². The Balaban J connectivity index is 2.16. The average molecular weight is 258 g/mol. The number of aliphatic hydroxyl groups excluding tert-OH is 1. The van der Waals surface area contributed by atoms with Gasteiger partial charge >= 0.3 is 0 Å². The van der Waals surface area contributed by atoms with Crippen LogP contribution >= 0.6 is 0 Å². The molecule has 1 rings (SSSR count). The van der Waals surface area contributed by atoms with E-state index in [9.17, 15) is 9.90 Å². The molecule has 1 aliphatic rings. The Morgan fingerprint density at radius 1 is 1.39 bits per heavy atom. The van der Waals surface area contributed by atoms with Gasteiger partial charge < -0.3 is 19.6 Å². The second-order valence-electron chi connectivity index (χ2n) is 5.06. The summed E-state index contributed by atoms with van der Waals surface area (Å²) >= 11 is 0. The molecule has 1 unspecified atom stereocenters. The third-order valence-electron chi connectivity index (χ3n) is 3.30. The average Bonchev–Trinajstić information content (AvgIpc) is 2.37. The molecule has 0 bridgehead atoms. The number of methoxy groups -OCH3 is 1. The van der Waals surface area contributed by atoms with Crippen LogP contribution in [-0.2, 0) is 9.53 Å². The lowest BCUT2D eigenvalue weighted by atomic mass is 10.1. The highest BCUT2D eigenvalue weighted by atomic mass is 16.5. The summed E-state index contributed by atoms with van der Waals surface area (Å²) in [6, 6.07) is 0. The highest BCUT2D eigenvalue weighted by Gasteiger charge is 2.17. The van der Waals surface area contributed by atoms with Gasteiger partial charge in [-0.2, -0.15) is 0 Å². The fourth-order valence-electron chi connectivity index (χ4n) is 2.28. The maximum absolute atomic E-state index is 11.9. The van der Waals surface area contributed by atoms with Crippen LogP contribution in [0.5, 0.6) is 0 Å². The van der Waals surface area contributed by atoms with Crippen LogP contribution in [0.4, 0.5) is 0 Å². The molecular weight excluding hydrogens is 232 g/mol. The fraction of sp³-hybridized carbons (Fsp3) is 0.923. The van der Waals surface area contributed by atoms with Gasteiger partial charge in [0.25, 0.3) is 0 Å². The van der Waals surface area contributed by atoms with Crippen molar-refractivity contribution >= 4 is 5.91 Å². The van der Waals surface area contributed by atoms with Gasteiger partial charge in [0.2, 0.25) is 5.91 Å². The molecule has 0 aromatic carbocycles. The third kappa shape index (κ3) is 5.80. The molecule has 0 aliphatic carbocycles. The normalized spacial score (nSPS) is 18.1. The van der Waals surface area contributed by atoms with Gasteiger partial charge in [0.05, 0.1) is 12.7 Å². The van der Waals surface area contributed by atoms with Gasteiger partial charge in [-0.1, -0.05) is 0 Å². The molecule has 1 fully saturated rings. The molecule has 0 spiro atoms. The molecule has 5 heteroatoms. The van der Waals surface area contributed by atoms with Crippen LogP contribution in [0.3, 0.4) is 0 Å². The molecule has 1 saturated heterocycles. The Bertz CT molecular complexity index is 242. The third-order valence-corrected chi connectivity index (χ3v) is 3.30. The topological polar surface area (TPSA) is 53.0 Å². The standard InChI is InChI=1S/C13H26N2O3/c1-14(10-12(16)11-18-2)9-6-13(17)15-7-4-3-5-8-15/h12,16H,3-11H2,1-2H3. The number of likely N-dealkylation sites (N-methyl/N-ethyl adjacent to an activating group) is 1. The van der Waals surface area contributed by atoms with Gasteiger partial charge in [0.15, 0.2) is 0 Å². The SMILES string of the molecule is COCC(O)CN(C)CCC(=O)N1CCCCC1. The van der Waals surface area contributed by atoms with Gasteiger partial charge in [-0.15, -0.1) is 0 Å². The predicted molar refractivity (Wildman–Crippen MR) is 70.4 cm³/mol. The molecule has 5 nitrogen and oxygen atoms in total. The van der Waals surface area contributed by atoms with Crippen molar-refractivity contribution in [3.63, 3.8) is 0 Å². The molecule has 0 aromatic rings. The number of likely N-dealkylation sites (tertiary alicyclic amines) is 1. The van der Waals surface area contributed by atoms with Crippen molar-refractivity contribution in [1.82, 2.24) is 9.80 Å². The minimum atomic E-state index is -0.481. The molecule has 1 aliphatic heterocycles. The molecule has 1 heterocycles. The highest BCUT2D eigenvalue weighted by molar-refractivity contribution is 5.76. The zero-order valence-corrected chi connectivity index (χ0v) is 11.6. The van der Waals surface area contributed by atoms with E-state index in [2.05, 4.69) is 0 Å². The Morgan fingerprint density at radius 2 is 2.06 bits per heavy atom. The monoisotopic (exact) mass is 258 g/mol. The molecule has 0 radical (unpaired) electrons. The number of ether oxygens (including phenoxy) is 1. The number of nitrogens with zero attached hydrogens (tertiary/aromatic N) is 2. The Labute approximate surface area is 110 Å². The van der Waals surface area contributed by atoms with E-state index >= 15 is 0 Å². The number of rotatable bonds is 7. The van der Waals surface area contributed by atoms with E-state index in [1.165, 1.54) is 6.42 Å². The van der Waals surface area contributed by atoms with E-state index < -0.39 is 6.10 Å². The first-order chi connectivity index (χ1) is 8.63. The van der Waals surface area contributed by atoms with E-state index in [1.807, 2.05) is 16.8 Å². The summed E-state index contributed by atoms with van der Waals surface area (Å²) in [6.45, 7) is 3.39. The lowest BCUT2D eigenvalue weighted by molar-refractivity contribution is -0.132. The largest absolute Gasteiger partial charge is 0.389 e. The molecular formula is C13H26N2O3. The lowest BCUT2D eigenvalue weighted by Gasteiger charge is -2.28. The van der Waals surface area contributed by atoms with Crippen LogP contribution in [0, 0.1) is 0 Å². The van der Waals surface area contributed by atoms with Crippen LogP contribution in [-0.4, -0.2) is 73.9 Å². The van der Waals surface area contributed by atoms with E-state index in [0.717, 1.165) is 25.9 Å². The Kier molecular flexibility index (Phi) is 7.23. The Morgan fingerprint density at radius 3 is 2.67 bits per heavy atom. The second-order valence-corrected chi connectivity index (χ2v) is 5.06. The van der Waals surface area contributed by atoms with Crippen LogP contribution in [0.2, 0.25) is 0 Å². The molecule has 18 heavy (non-hydrogen) atoms. The first-order valence-electron chi connectivity index (χ1n) is 6.77. The van der Waals surface area contributed by atoms with Crippen molar-refractivity contribution in [3.8, 4) is 0 Å². The number of hydrogen-bond donors (Lipinski definition) is 1. The van der Waals surface area contributed by atoms with E-state index in [0.29, 0.717) is 26.1 Å². The van der Waals surface area contributed by atoms with Crippen molar-refractivity contribution in [2.75, 3.05) is 46.9 Å². The van der Waals surface area contributed by atoms with E-state index in [-0.39, 0.29) is 5.91 Å². The van der Waals surface area contributed by atoms with E-state index in [4.69, 9.17) is 4.74 Å². The van der Waals surface area contributed by atoms with Crippen molar-refractivity contribution in [2.24, 2.45) is 0 Å². The molecule has 1 atom stereocenters. The Hall–Kier alpha value is -0.650. The smallest absolute Gasteiger partial charge is 0.223 e. The van der Waals surface area contributed by atoms with Crippen LogP contribution in [0.15, 0.2) is 0 Å². The lowest BCUT2D eigenvalue weighted by Crippen LogP contribution is -2.38. The number of amides is 1. The van der Waals surface area contributed by atoms with Crippen molar-refractivity contribution in [1.29, 1.82) is 0 Å². The van der Waals surface area contributed by atoms with Crippen LogP contribution in [0.25, 0.3) is 0 Å². The second kappa shape index (κ2) is 8.45. The summed E-state index contributed by atoms with van der Waals surface area (Å²) in [5, 5.41) is 9.57. The number of carbonyl (C=O) groups is 1. The fourth-order valence-corrected chi connectivity index (χ4v) is 2.28. The quantitative estimate of drug-likeness (QED) is 0.715. The van der Waals surface area contributed by atoms with Crippen molar-refractivity contribution in [3.05, 3.63) is 0 Å². The summed E-state index contributed by atoms with van der Waals surface area (Å²) in [6.07, 6.45) is 3.57. The summed E-state index contributed by atoms with van der Waals surface area (Å²) in [5.41, 5.74) is 0. The first-order valence-corrected chi connectivity index (χ1v) is 6.77. The van der Waals surface area contributed by atoms with Crippen LogP contribution < -0.4 is 0 Å². The molecule has 0 saturated carbocycles. The number of carbonyl (C=O) groups excluding carboxylic acids is 1.